The van der Waals surface area contributed by atoms with Crippen LogP contribution in [0, 0.1) is 0 Å². The number of carbonyl (C=O) groups is 1. The SMILES string of the molecule is CCOC(=O)c1c(N)sc2c1-c1ccccc1C(C)C2. The normalized spacial score (nSPS) is 16.4. The van der Waals surface area contributed by atoms with Crippen molar-refractivity contribution in [3.8, 4) is 11.1 Å². The van der Waals surface area contributed by atoms with Gasteiger partial charge in [-0.15, -0.1) is 11.3 Å². The molecule has 0 fully saturated rings. The summed E-state index contributed by atoms with van der Waals surface area (Å²) in [6.07, 6.45) is 0.931. The molecule has 2 N–H and O–H groups in total. The standard InChI is InChI=1S/C16H17NO2S/c1-3-19-16(18)14-13-11-7-5-4-6-10(11)9(2)8-12(13)20-15(14)17/h4-7,9H,3,8,17H2,1-2H3. The number of thiophene rings is 1. The average molecular weight is 287 g/mol. The Balaban J connectivity index is 2.22. The zero-order valence-electron chi connectivity index (χ0n) is 11.6. The van der Waals surface area contributed by atoms with Crippen molar-refractivity contribution in [2.24, 2.45) is 0 Å². The van der Waals surface area contributed by atoms with E-state index in [2.05, 4.69) is 19.1 Å². The molecule has 1 atom stereocenters. The number of benzene rings is 1. The number of ether oxygens (including phenoxy) is 1. The third-order valence-electron chi connectivity index (χ3n) is 3.74. The number of nitrogens with two attached hydrogens (primary N) is 1. The zero-order valence-corrected chi connectivity index (χ0v) is 12.4. The molecular formula is C16H17NO2S. The summed E-state index contributed by atoms with van der Waals surface area (Å²) in [5.74, 6) is 0.138. The quantitative estimate of drug-likeness (QED) is 0.854. The van der Waals surface area contributed by atoms with Crippen molar-refractivity contribution in [1.82, 2.24) is 0 Å². The first-order valence-corrected chi connectivity index (χ1v) is 7.62. The molecule has 0 spiro atoms. The van der Waals surface area contributed by atoms with E-state index in [9.17, 15) is 4.79 Å². The lowest BCUT2D eigenvalue weighted by Gasteiger charge is -2.23. The first-order valence-electron chi connectivity index (χ1n) is 6.81. The fraction of sp³-hybridized carbons (Fsp3) is 0.312. The van der Waals surface area contributed by atoms with Gasteiger partial charge in [0.25, 0.3) is 0 Å². The van der Waals surface area contributed by atoms with Gasteiger partial charge >= 0.3 is 5.97 Å². The number of hydrogen-bond donors (Lipinski definition) is 1. The summed E-state index contributed by atoms with van der Waals surface area (Å²) in [6.45, 7) is 4.38. The Hall–Kier alpha value is -1.81. The lowest BCUT2D eigenvalue weighted by atomic mass is 9.82. The summed E-state index contributed by atoms with van der Waals surface area (Å²) in [5, 5.41) is 0.567. The van der Waals surface area contributed by atoms with E-state index in [1.165, 1.54) is 21.8 Å². The van der Waals surface area contributed by atoms with Gasteiger partial charge in [0.2, 0.25) is 0 Å². The molecule has 1 heterocycles. The number of rotatable bonds is 2. The minimum atomic E-state index is -0.313. The highest BCUT2D eigenvalue weighted by Gasteiger charge is 2.30. The van der Waals surface area contributed by atoms with Gasteiger partial charge in [-0.05, 0) is 30.4 Å². The van der Waals surface area contributed by atoms with Gasteiger partial charge in [-0.1, -0.05) is 31.2 Å². The maximum absolute atomic E-state index is 12.2. The molecule has 0 bridgehead atoms. The van der Waals surface area contributed by atoms with Crippen LogP contribution in [0.4, 0.5) is 5.00 Å². The topological polar surface area (TPSA) is 52.3 Å². The van der Waals surface area contributed by atoms with Gasteiger partial charge in [0, 0.05) is 10.4 Å². The third-order valence-corrected chi connectivity index (χ3v) is 4.78. The van der Waals surface area contributed by atoms with Crippen LogP contribution in [0.25, 0.3) is 11.1 Å². The smallest absolute Gasteiger partial charge is 0.341 e. The number of nitrogen functional groups attached to an aromatic ring is 1. The third kappa shape index (κ3) is 1.91. The summed E-state index contributed by atoms with van der Waals surface area (Å²) >= 11 is 1.52. The van der Waals surface area contributed by atoms with E-state index >= 15 is 0 Å². The second-order valence-electron chi connectivity index (χ2n) is 5.05. The molecule has 1 aliphatic carbocycles. The molecule has 20 heavy (non-hydrogen) atoms. The Morgan fingerprint density at radius 1 is 1.45 bits per heavy atom. The Kier molecular flexibility index (Phi) is 3.26. The van der Waals surface area contributed by atoms with Crippen LogP contribution in [-0.4, -0.2) is 12.6 Å². The summed E-state index contributed by atoms with van der Waals surface area (Å²) < 4.78 is 5.16. The maximum atomic E-state index is 12.2. The number of carbonyl (C=O) groups excluding carboxylic acids is 1. The summed E-state index contributed by atoms with van der Waals surface area (Å²) in [7, 11) is 0. The Morgan fingerprint density at radius 2 is 2.20 bits per heavy atom. The molecule has 3 nitrogen and oxygen atoms in total. The fourth-order valence-electron chi connectivity index (χ4n) is 2.87. The van der Waals surface area contributed by atoms with Crippen molar-refractivity contribution in [1.29, 1.82) is 0 Å². The molecule has 4 heteroatoms. The molecule has 1 aliphatic rings. The Morgan fingerprint density at radius 3 is 2.95 bits per heavy atom. The van der Waals surface area contributed by atoms with Crippen LogP contribution in [0.1, 0.15) is 40.6 Å². The minimum absolute atomic E-state index is 0.313. The summed E-state index contributed by atoms with van der Waals surface area (Å²) in [4.78, 5) is 13.4. The van der Waals surface area contributed by atoms with Crippen molar-refractivity contribution < 1.29 is 9.53 Å². The minimum Gasteiger partial charge on any atom is -0.462 e. The molecule has 0 saturated heterocycles. The number of esters is 1. The molecule has 0 radical (unpaired) electrons. The average Bonchev–Trinajstić information content (AvgIpc) is 2.75. The van der Waals surface area contributed by atoms with E-state index in [1.807, 2.05) is 19.1 Å². The van der Waals surface area contributed by atoms with E-state index in [0.29, 0.717) is 23.1 Å². The van der Waals surface area contributed by atoms with Crippen molar-refractivity contribution >= 4 is 22.3 Å². The van der Waals surface area contributed by atoms with Crippen molar-refractivity contribution in [3.05, 3.63) is 40.3 Å². The predicted octanol–water partition coefficient (Wildman–Crippen LogP) is 3.83. The summed E-state index contributed by atoms with van der Waals surface area (Å²) in [5.41, 5.74) is 10.0. The monoisotopic (exact) mass is 287 g/mol. The molecular weight excluding hydrogens is 270 g/mol. The molecule has 1 aromatic heterocycles. The van der Waals surface area contributed by atoms with Crippen LogP contribution in [-0.2, 0) is 11.2 Å². The van der Waals surface area contributed by atoms with E-state index < -0.39 is 0 Å². The second kappa shape index (κ2) is 4.94. The maximum Gasteiger partial charge on any atom is 0.341 e. The van der Waals surface area contributed by atoms with Crippen LogP contribution < -0.4 is 5.73 Å². The number of hydrogen-bond acceptors (Lipinski definition) is 4. The highest BCUT2D eigenvalue weighted by molar-refractivity contribution is 7.17. The highest BCUT2D eigenvalue weighted by Crippen LogP contribution is 2.47. The van der Waals surface area contributed by atoms with Crippen LogP contribution in [0.15, 0.2) is 24.3 Å². The number of anilines is 1. The van der Waals surface area contributed by atoms with E-state index in [0.717, 1.165) is 17.5 Å². The molecule has 1 unspecified atom stereocenters. The van der Waals surface area contributed by atoms with E-state index in [4.69, 9.17) is 10.5 Å². The van der Waals surface area contributed by atoms with Gasteiger partial charge in [-0.3, -0.25) is 0 Å². The molecule has 3 rings (SSSR count). The van der Waals surface area contributed by atoms with Crippen LogP contribution >= 0.6 is 11.3 Å². The molecule has 0 saturated carbocycles. The van der Waals surface area contributed by atoms with Gasteiger partial charge in [0.1, 0.15) is 10.6 Å². The van der Waals surface area contributed by atoms with Crippen LogP contribution in [0.3, 0.4) is 0 Å². The second-order valence-corrected chi connectivity index (χ2v) is 6.19. The van der Waals surface area contributed by atoms with Gasteiger partial charge < -0.3 is 10.5 Å². The Labute approximate surface area is 122 Å². The molecule has 0 aliphatic heterocycles. The summed E-state index contributed by atoms with van der Waals surface area (Å²) in [6, 6.07) is 8.24. The van der Waals surface area contributed by atoms with Gasteiger partial charge in [0.05, 0.1) is 6.61 Å². The Bertz CT molecular complexity index is 675. The lowest BCUT2D eigenvalue weighted by Crippen LogP contribution is -2.11. The number of fused-ring (bicyclic) bond motifs is 3. The van der Waals surface area contributed by atoms with E-state index in [-0.39, 0.29) is 5.97 Å². The van der Waals surface area contributed by atoms with Gasteiger partial charge in [-0.25, -0.2) is 4.79 Å². The largest absolute Gasteiger partial charge is 0.462 e. The molecule has 2 aromatic rings. The van der Waals surface area contributed by atoms with Gasteiger partial charge in [0.15, 0.2) is 0 Å². The zero-order chi connectivity index (χ0) is 14.3. The fourth-order valence-corrected chi connectivity index (χ4v) is 4.07. The first kappa shape index (κ1) is 13.2. The predicted molar refractivity (Wildman–Crippen MR) is 82.2 cm³/mol. The first-order chi connectivity index (χ1) is 9.63. The van der Waals surface area contributed by atoms with Crippen LogP contribution in [0.2, 0.25) is 0 Å². The molecule has 104 valence electrons. The van der Waals surface area contributed by atoms with Crippen molar-refractivity contribution in [2.75, 3.05) is 12.3 Å². The molecule has 1 aromatic carbocycles. The van der Waals surface area contributed by atoms with Crippen molar-refractivity contribution in [2.45, 2.75) is 26.2 Å². The van der Waals surface area contributed by atoms with E-state index in [1.54, 1.807) is 0 Å². The van der Waals surface area contributed by atoms with Crippen LogP contribution in [0.5, 0.6) is 0 Å². The van der Waals surface area contributed by atoms with Gasteiger partial charge in [-0.2, -0.15) is 0 Å². The molecule has 0 amide bonds. The lowest BCUT2D eigenvalue weighted by molar-refractivity contribution is 0.0529. The van der Waals surface area contributed by atoms with Crippen molar-refractivity contribution in [3.63, 3.8) is 0 Å². The highest BCUT2D eigenvalue weighted by atomic mass is 32.1.